The average molecular weight is 406 g/mol. The maximum atomic E-state index is 12.7. The van der Waals surface area contributed by atoms with Gasteiger partial charge in [0.25, 0.3) is 0 Å². The molecule has 0 aliphatic heterocycles. The highest BCUT2D eigenvalue weighted by atomic mass is 32.2. The molecule has 2 aromatic carbocycles. The second-order valence-corrected chi connectivity index (χ2v) is 8.26. The van der Waals surface area contributed by atoms with Gasteiger partial charge in [0.1, 0.15) is 12.4 Å². The van der Waals surface area contributed by atoms with Crippen molar-refractivity contribution >= 4 is 16.0 Å². The zero-order valence-electron chi connectivity index (χ0n) is 16.5. The van der Waals surface area contributed by atoms with E-state index in [-0.39, 0.29) is 24.3 Å². The van der Waals surface area contributed by atoms with Gasteiger partial charge >= 0.3 is 10.1 Å². The molecule has 0 saturated heterocycles. The summed E-state index contributed by atoms with van der Waals surface area (Å²) < 4.78 is 32.8. The number of benzene rings is 2. The smallest absolute Gasteiger partial charge is 0.306 e. The zero-order chi connectivity index (χ0) is 20.6. The minimum atomic E-state index is -3.56. The molecule has 0 saturated carbocycles. The Morgan fingerprint density at radius 3 is 2.25 bits per heavy atom. The van der Waals surface area contributed by atoms with Gasteiger partial charge in [0.05, 0.1) is 12.9 Å². The lowest BCUT2D eigenvalue weighted by Gasteiger charge is -2.29. The molecule has 0 aromatic heterocycles. The molecule has 0 N–H and O–H groups in total. The summed E-state index contributed by atoms with van der Waals surface area (Å²) in [4.78, 5) is 14.5. The zero-order valence-corrected chi connectivity index (χ0v) is 17.3. The van der Waals surface area contributed by atoms with E-state index in [1.807, 2.05) is 44.2 Å². The van der Waals surface area contributed by atoms with Crippen LogP contribution in [0.3, 0.4) is 0 Å². The first-order valence-electron chi connectivity index (χ1n) is 9.18. The molecule has 28 heavy (non-hydrogen) atoms. The summed E-state index contributed by atoms with van der Waals surface area (Å²) in [5.74, 6) is 0.167. The Balaban J connectivity index is 1.97. The second kappa shape index (κ2) is 10.2. The summed E-state index contributed by atoms with van der Waals surface area (Å²) in [6.45, 7) is 4.84. The van der Waals surface area contributed by atoms with Gasteiger partial charge in [0.2, 0.25) is 5.91 Å². The number of ether oxygens (including phenoxy) is 1. The van der Waals surface area contributed by atoms with Crippen LogP contribution >= 0.6 is 0 Å². The van der Waals surface area contributed by atoms with E-state index in [2.05, 4.69) is 0 Å². The SMILES string of the molecule is CC[C@H](C)N(Cc1ccc(OS(C)(=O)=O)cc1)C(=O)COCc1ccccc1. The summed E-state index contributed by atoms with van der Waals surface area (Å²) in [6.07, 6.45) is 1.82. The second-order valence-electron chi connectivity index (χ2n) is 6.69. The first-order valence-corrected chi connectivity index (χ1v) is 11.0. The summed E-state index contributed by atoms with van der Waals surface area (Å²) in [6, 6.07) is 16.5. The lowest BCUT2D eigenvalue weighted by atomic mass is 10.1. The molecule has 6 nitrogen and oxygen atoms in total. The van der Waals surface area contributed by atoms with Gasteiger partial charge in [-0.3, -0.25) is 4.79 Å². The summed E-state index contributed by atoms with van der Waals surface area (Å²) in [7, 11) is -3.56. The molecular weight excluding hydrogens is 378 g/mol. The summed E-state index contributed by atoms with van der Waals surface area (Å²) in [5, 5.41) is 0. The molecule has 1 atom stereocenters. The monoisotopic (exact) mass is 405 g/mol. The molecule has 1 amide bonds. The number of rotatable bonds is 10. The van der Waals surface area contributed by atoms with E-state index < -0.39 is 10.1 Å². The Morgan fingerprint density at radius 1 is 1.04 bits per heavy atom. The largest absolute Gasteiger partial charge is 0.383 e. The highest BCUT2D eigenvalue weighted by Gasteiger charge is 2.19. The molecule has 0 radical (unpaired) electrons. The van der Waals surface area contributed by atoms with Gasteiger partial charge in [0, 0.05) is 12.6 Å². The third-order valence-corrected chi connectivity index (χ3v) is 4.80. The molecule has 0 aliphatic carbocycles. The molecule has 0 unspecified atom stereocenters. The Morgan fingerprint density at radius 2 is 1.68 bits per heavy atom. The van der Waals surface area contributed by atoms with Crippen LogP contribution in [0.5, 0.6) is 5.75 Å². The molecule has 152 valence electrons. The maximum absolute atomic E-state index is 12.7. The van der Waals surface area contributed by atoms with Crippen molar-refractivity contribution in [3.8, 4) is 5.75 Å². The van der Waals surface area contributed by atoms with Crippen LogP contribution in [-0.2, 0) is 32.8 Å². The summed E-state index contributed by atoms with van der Waals surface area (Å²) in [5.41, 5.74) is 1.91. The van der Waals surface area contributed by atoms with Gasteiger partial charge in [0.15, 0.2) is 0 Å². The van der Waals surface area contributed by atoms with E-state index in [0.29, 0.717) is 13.2 Å². The predicted octanol–water partition coefficient (Wildman–Crippen LogP) is 3.37. The van der Waals surface area contributed by atoms with Gasteiger partial charge in [-0.2, -0.15) is 8.42 Å². The highest BCUT2D eigenvalue weighted by molar-refractivity contribution is 7.86. The van der Waals surface area contributed by atoms with Gasteiger partial charge in [-0.05, 0) is 36.6 Å². The van der Waals surface area contributed by atoms with Crippen molar-refractivity contribution in [1.29, 1.82) is 0 Å². The third kappa shape index (κ3) is 7.32. The number of carbonyl (C=O) groups is 1. The molecule has 0 fully saturated rings. The van der Waals surface area contributed by atoms with E-state index in [1.165, 1.54) is 0 Å². The van der Waals surface area contributed by atoms with Crippen LogP contribution in [0.2, 0.25) is 0 Å². The van der Waals surface area contributed by atoms with Crippen molar-refractivity contribution in [2.24, 2.45) is 0 Å². The van der Waals surface area contributed by atoms with Gasteiger partial charge < -0.3 is 13.8 Å². The van der Waals surface area contributed by atoms with Crippen LogP contribution in [-0.4, -0.2) is 38.1 Å². The minimum absolute atomic E-state index is 0.00844. The van der Waals surface area contributed by atoms with E-state index in [0.717, 1.165) is 23.8 Å². The quantitative estimate of drug-likeness (QED) is 0.567. The molecular formula is C21H27NO5S. The van der Waals surface area contributed by atoms with E-state index in [4.69, 9.17) is 8.92 Å². The lowest BCUT2D eigenvalue weighted by Crippen LogP contribution is -2.40. The number of amides is 1. The molecule has 0 heterocycles. The number of nitrogens with zero attached hydrogens (tertiary/aromatic N) is 1. The normalized spacial score (nSPS) is 12.4. The standard InChI is InChI=1S/C21H27NO5S/c1-4-17(2)22(21(23)16-26-15-19-8-6-5-7-9-19)14-18-10-12-20(13-11-18)27-28(3,24)25/h5-13,17H,4,14-16H2,1-3H3/t17-/m0/s1. The van der Waals surface area contributed by atoms with Crippen molar-refractivity contribution in [2.75, 3.05) is 12.9 Å². The fourth-order valence-electron chi connectivity index (χ4n) is 2.65. The molecule has 0 bridgehead atoms. The summed E-state index contributed by atoms with van der Waals surface area (Å²) >= 11 is 0. The lowest BCUT2D eigenvalue weighted by molar-refractivity contribution is -0.139. The predicted molar refractivity (Wildman–Crippen MR) is 108 cm³/mol. The average Bonchev–Trinajstić information content (AvgIpc) is 2.66. The van der Waals surface area contributed by atoms with Crippen LogP contribution in [0.15, 0.2) is 54.6 Å². The third-order valence-electron chi connectivity index (χ3n) is 4.30. The minimum Gasteiger partial charge on any atom is -0.383 e. The Bertz CT molecular complexity index is 850. The Labute approximate surface area is 167 Å². The van der Waals surface area contributed by atoms with Crippen LogP contribution in [0, 0.1) is 0 Å². The first-order chi connectivity index (χ1) is 13.3. The van der Waals surface area contributed by atoms with Gasteiger partial charge in [-0.15, -0.1) is 0 Å². The van der Waals surface area contributed by atoms with E-state index in [9.17, 15) is 13.2 Å². The molecule has 7 heteroatoms. The number of hydrogen-bond donors (Lipinski definition) is 0. The van der Waals surface area contributed by atoms with Crippen LogP contribution < -0.4 is 4.18 Å². The fourth-order valence-corrected chi connectivity index (χ4v) is 3.11. The van der Waals surface area contributed by atoms with Crippen molar-refractivity contribution in [3.05, 3.63) is 65.7 Å². The molecule has 0 spiro atoms. The Kier molecular flexibility index (Phi) is 8.02. The highest BCUT2D eigenvalue weighted by Crippen LogP contribution is 2.17. The van der Waals surface area contributed by atoms with Crippen molar-refractivity contribution < 1.29 is 22.1 Å². The van der Waals surface area contributed by atoms with Gasteiger partial charge in [-0.1, -0.05) is 49.4 Å². The molecule has 0 aliphatic rings. The Hall–Kier alpha value is -2.38. The van der Waals surface area contributed by atoms with Crippen molar-refractivity contribution in [3.63, 3.8) is 0 Å². The molecule has 2 rings (SSSR count). The van der Waals surface area contributed by atoms with Crippen LogP contribution in [0.4, 0.5) is 0 Å². The van der Waals surface area contributed by atoms with Crippen LogP contribution in [0.25, 0.3) is 0 Å². The van der Waals surface area contributed by atoms with E-state index >= 15 is 0 Å². The van der Waals surface area contributed by atoms with Crippen molar-refractivity contribution in [2.45, 2.75) is 39.5 Å². The fraction of sp³-hybridized carbons (Fsp3) is 0.381. The number of hydrogen-bond acceptors (Lipinski definition) is 5. The van der Waals surface area contributed by atoms with Crippen molar-refractivity contribution in [1.82, 2.24) is 4.90 Å². The van der Waals surface area contributed by atoms with Gasteiger partial charge in [-0.25, -0.2) is 0 Å². The first kappa shape index (κ1) is 21.9. The van der Waals surface area contributed by atoms with Crippen LogP contribution in [0.1, 0.15) is 31.4 Å². The molecule has 2 aromatic rings. The maximum Gasteiger partial charge on any atom is 0.306 e. The van der Waals surface area contributed by atoms with E-state index in [1.54, 1.807) is 29.2 Å². The number of carbonyl (C=O) groups excluding carboxylic acids is 1. The topological polar surface area (TPSA) is 72.9 Å².